The molecule has 0 aromatic carbocycles. The van der Waals surface area contributed by atoms with E-state index in [4.69, 9.17) is 10.2 Å². The Labute approximate surface area is 61.1 Å². The van der Waals surface area contributed by atoms with E-state index < -0.39 is 0 Å². The molecule has 60 valence electrons. The number of aliphatic hydroxyl groups is 2. The molecule has 1 aliphatic rings. The summed E-state index contributed by atoms with van der Waals surface area (Å²) < 4.78 is 0. The normalized spacial score (nSPS) is 24.3. The second-order valence-electron chi connectivity index (χ2n) is 3.21. The fraction of sp³-hybridized carbons (Fsp3) is 1.00. The van der Waals surface area contributed by atoms with Gasteiger partial charge in [-0.3, -0.25) is 0 Å². The smallest absolute Gasteiger partial charge is 0.0510 e. The molecule has 3 N–H and O–H groups in total. The molecule has 0 heterocycles. The second kappa shape index (κ2) is 2.86. The van der Waals surface area contributed by atoms with Gasteiger partial charge in [0.15, 0.2) is 0 Å². The molecule has 1 fully saturated rings. The predicted octanol–water partition coefficient (Wildman–Crippen LogP) is -0.661. The average Bonchev–Trinajstić information content (AvgIpc) is 1.89. The average molecular weight is 145 g/mol. The van der Waals surface area contributed by atoms with Crippen molar-refractivity contribution in [3.8, 4) is 0 Å². The first kappa shape index (κ1) is 7.98. The molecule has 0 spiro atoms. The first-order valence-electron chi connectivity index (χ1n) is 3.65. The molecule has 0 aliphatic heterocycles. The topological polar surface area (TPSA) is 52.5 Å². The van der Waals surface area contributed by atoms with Gasteiger partial charge in [-0.15, -0.1) is 0 Å². The minimum absolute atomic E-state index is 0.113. The van der Waals surface area contributed by atoms with E-state index in [1.54, 1.807) is 0 Å². The van der Waals surface area contributed by atoms with Crippen LogP contribution in [0.3, 0.4) is 0 Å². The van der Waals surface area contributed by atoms with Crippen LogP contribution in [0.25, 0.3) is 0 Å². The van der Waals surface area contributed by atoms with Gasteiger partial charge in [-0.1, -0.05) is 0 Å². The van der Waals surface area contributed by atoms with Gasteiger partial charge in [0.1, 0.15) is 0 Å². The van der Waals surface area contributed by atoms with Crippen LogP contribution in [-0.2, 0) is 0 Å². The summed E-state index contributed by atoms with van der Waals surface area (Å²) in [4.78, 5) is 0. The molecule has 10 heavy (non-hydrogen) atoms. The van der Waals surface area contributed by atoms with Gasteiger partial charge in [0.2, 0.25) is 0 Å². The van der Waals surface area contributed by atoms with Crippen molar-refractivity contribution >= 4 is 0 Å². The maximum Gasteiger partial charge on any atom is 0.0510 e. The van der Waals surface area contributed by atoms with E-state index in [0.29, 0.717) is 6.04 Å². The summed E-state index contributed by atoms with van der Waals surface area (Å²) in [6.45, 7) is 0.226. The fourth-order valence-corrected chi connectivity index (χ4v) is 1.50. The van der Waals surface area contributed by atoms with Gasteiger partial charge in [-0.05, 0) is 19.9 Å². The van der Waals surface area contributed by atoms with Crippen molar-refractivity contribution in [2.45, 2.75) is 18.9 Å². The van der Waals surface area contributed by atoms with Crippen molar-refractivity contribution in [2.24, 2.45) is 5.41 Å². The molecular formula is C7H15NO2. The molecule has 0 aromatic heterocycles. The molecule has 3 nitrogen and oxygen atoms in total. The van der Waals surface area contributed by atoms with E-state index in [2.05, 4.69) is 5.32 Å². The zero-order valence-electron chi connectivity index (χ0n) is 6.30. The Morgan fingerprint density at radius 2 is 1.90 bits per heavy atom. The van der Waals surface area contributed by atoms with Gasteiger partial charge in [0.25, 0.3) is 0 Å². The fourth-order valence-electron chi connectivity index (χ4n) is 1.50. The maximum atomic E-state index is 8.86. The minimum atomic E-state index is -0.173. The van der Waals surface area contributed by atoms with Crippen LogP contribution < -0.4 is 5.32 Å². The molecule has 1 saturated carbocycles. The monoisotopic (exact) mass is 145 g/mol. The van der Waals surface area contributed by atoms with Crippen molar-refractivity contribution in [2.75, 3.05) is 20.3 Å². The molecule has 0 aromatic rings. The first-order chi connectivity index (χ1) is 4.76. The van der Waals surface area contributed by atoms with Gasteiger partial charge < -0.3 is 15.5 Å². The molecule has 0 unspecified atom stereocenters. The van der Waals surface area contributed by atoms with Crippen LogP contribution in [0.1, 0.15) is 12.8 Å². The highest BCUT2D eigenvalue weighted by Gasteiger charge is 2.42. The molecule has 0 amide bonds. The summed E-state index contributed by atoms with van der Waals surface area (Å²) in [6, 6.07) is 0.499. The molecule has 0 atom stereocenters. The number of hydrogen-bond donors (Lipinski definition) is 3. The lowest BCUT2D eigenvalue weighted by molar-refractivity contribution is -0.0298. The Morgan fingerprint density at radius 1 is 1.40 bits per heavy atom. The van der Waals surface area contributed by atoms with E-state index >= 15 is 0 Å². The number of aliphatic hydroxyl groups excluding tert-OH is 2. The lowest BCUT2D eigenvalue weighted by atomic mass is 9.66. The van der Waals surface area contributed by atoms with Gasteiger partial charge in [0, 0.05) is 11.5 Å². The lowest BCUT2D eigenvalue weighted by Crippen LogP contribution is -2.51. The Balaban J connectivity index is 2.31. The third-order valence-electron chi connectivity index (χ3n) is 2.44. The van der Waals surface area contributed by atoms with Gasteiger partial charge >= 0.3 is 0 Å². The SMILES string of the molecule is CNC1CC(CO)(CO)C1. The first-order valence-corrected chi connectivity index (χ1v) is 3.65. The minimum Gasteiger partial charge on any atom is -0.396 e. The van der Waals surface area contributed by atoms with Crippen LogP contribution >= 0.6 is 0 Å². The zero-order chi connectivity index (χ0) is 7.61. The zero-order valence-corrected chi connectivity index (χ0v) is 6.30. The Morgan fingerprint density at radius 3 is 2.20 bits per heavy atom. The highest BCUT2D eigenvalue weighted by Crippen LogP contribution is 2.39. The highest BCUT2D eigenvalue weighted by molar-refractivity contribution is 4.96. The highest BCUT2D eigenvalue weighted by atomic mass is 16.3. The summed E-state index contributed by atoms with van der Waals surface area (Å²) in [7, 11) is 1.91. The second-order valence-corrected chi connectivity index (χ2v) is 3.21. The van der Waals surface area contributed by atoms with Crippen molar-refractivity contribution < 1.29 is 10.2 Å². The van der Waals surface area contributed by atoms with Gasteiger partial charge in [0.05, 0.1) is 13.2 Å². The Kier molecular flexibility index (Phi) is 2.28. The molecule has 1 rings (SSSR count). The largest absolute Gasteiger partial charge is 0.396 e. The van der Waals surface area contributed by atoms with E-state index in [9.17, 15) is 0 Å². The maximum absolute atomic E-state index is 8.86. The standard InChI is InChI=1S/C7H15NO2/c1-8-6-2-7(3-6,4-9)5-10/h6,8-10H,2-5H2,1H3. The number of hydrogen-bond acceptors (Lipinski definition) is 3. The Hall–Kier alpha value is -0.120. The molecule has 3 heteroatoms. The quantitative estimate of drug-likeness (QED) is 0.494. The van der Waals surface area contributed by atoms with Crippen molar-refractivity contribution in [3.05, 3.63) is 0 Å². The summed E-state index contributed by atoms with van der Waals surface area (Å²) in [5.41, 5.74) is -0.173. The molecule has 0 bridgehead atoms. The summed E-state index contributed by atoms with van der Waals surface area (Å²) in [5, 5.41) is 20.8. The Bertz CT molecular complexity index is 104. The van der Waals surface area contributed by atoms with E-state index in [1.165, 1.54) is 0 Å². The molecule has 0 saturated heterocycles. The molecule has 0 radical (unpaired) electrons. The number of nitrogens with one attached hydrogen (secondary N) is 1. The van der Waals surface area contributed by atoms with Crippen molar-refractivity contribution in [1.29, 1.82) is 0 Å². The summed E-state index contributed by atoms with van der Waals surface area (Å²) >= 11 is 0. The lowest BCUT2D eigenvalue weighted by Gasteiger charge is -2.45. The predicted molar refractivity (Wildman–Crippen MR) is 38.7 cm³/mol. The third kappa shape index (κ3) is 1.17. The summed E-state index contributed by atoms with van der Waals surface area (Å²) in [6.07, 6.45) is 1.80. The van der Waals surface area contributed by atoms with Crippen molar-refractivity contribution in [1.82, 2.24) is 5.32 Å². The molecule has 1 aliphatic carbocycles. The van der Waals surface area contributed by atoms with E-state index in [0.717, 1.165) is 12.8 Å². The van der Waals surface area contributed by atoms with E-state index in [-0.39, 0.29) is 18.6 Å². The van der Waals surface area contributed by atoms with E-state index in [1.807, 2.05) is 7.05 Å². The van der Waals surface area contributed by atoms with Crippen LogP contribution in [-0.4, -0.2) is 36.5 Å². The van der Waals surface area contributed by atoms with Gasteiger partial charge in [-0.2, -0.15) is 0 Å². The van der Waals surface area contributed by atoms with Crippen LogP contribution in [0, 0.1) is 5.41 Å². The van der Waals surface area contributed by atoms with Crippen LogP contribution in [0.15, 0.2) is 0 Å². The van der Waals surface area contributed by atoms with Crippen molar-refractivity contribution in [3.63, 3.8) is 0 Å². The van der Waals surface area contributed by atoms with Crippen LogP contribution in [0.2, 0.25) is 0 Å². The van der Waals surface area contributed by atoms with Crippen LogP contribution in [0.4, 0.5) is 0 Å². The summed E-state index contributed by atoms with van der Waals surface area (Å²) in [5.74, 6) is 0. The molecular weight excluding hydrogens is 130 g/mol. The van der Waals surface area contributed by atoms with Gasteiger partial charge in [-0.25, -0.2) is 0 Å². The van der Waals surface area contributed by atoms with Crippen LogP contribution in [0.5, 0.6) is 0 Å². The number of rotatable bonds is 3. The third-order valence-corrected chi connectivity index (χ3v) is 2.44.